The molecular weight excluding hydrogens is 214 g/mol. The first-order chi connectivity index (χ1) is 8.16. The number of hydrogen-bond acceptors (Lipinski definition) is 2. The topological polar surface area (TPSA) is 40.5 Å². The minimum absolute atomic E-state index is 0.138. The molecule has 2 aliphatic rings. The molecule has 1 saturated carbocycles. The largest absolute Gasteiger partial charge is 0.481 e. The van der Waals surface area contributed by atoms with Crippen LogP contribution in [-0.4, -0.2) is 35.6 Å². The average molecular weight is 239 g/mol. The van der Waals surface area contributed by atoms with E-state index in [2.05, 4.69) is 11.8 Å². The lowest BCUT2D eigenvalue weighted by Gasteiger charge is -2.16. The van der Waals surface area contributed by atoms with E-state index in [0.29, 0.717) is 5.92 Å². The Kier molecular flexibility index (Phi) is 4.43. The van der Waals surface area contributed by atoms with Crippen LogP contribution in [-0.2, 0) is 4.79 Å². The van der Waals surface area contributed by atoms with Crippen LogP contribution in [0.4, 0.5) is 0 Å². The molecule has 0 aromatic rings. The second-order valence-corrected chi connectivity index (χ2v) is 5.97. The van der Waals surface area contributed by atoms with Gasteiger partial charge in [-0.25, -0.2) is 0 Å². The molecule has 0 unspecified atom stereocenters. The maximum atomic E-state index is 11.0. The molecule has 0 spiro atoms. The van der Waals surface area contributed by atoms with Crippen molar-refractivity contribution in [2.75, 3.05) is 19.6 Å². The first-order valence-electron chi connectivity index (χ1n) is 7.12. The molecule has 1 saturated heterocycles. The molecule has 2 rings (SSSR count). The number of hydrogen-bond donors (Lipinski definition) is 1. The zero-order chi connectivity index (χ0) is 12.3. The Morgan fingerprint density at radius 3 is 2.59 bits per heavy atom. The van der Waals surface area contributed by atoms with Gasteiger partial charge in [0.15, 0.2) is 0 Å². The van der Waals surface area contributed by atoms with Gasteiger partial charge < -0.3 is 10.0 Å². The van der Waals surface area contributed by atoms with Gasteiger partial charge in [0.05, 0.1) is 5.92 Å². The zero-order valence-electron chi connectivity index (χ0n) is 10.9. The standard InChI is InChI=1S/C14H25NO2/c1-11-9-15(10-13(11)14(16)17)8-4-7-12-5-2-3-6-12/h11-13H,2-10H2,1H3,(H,16,17)/t11-,13-/m1/s1. The summed E-state index contributed by atoms with van der Waals surface area (Å²) in [5, 5.41) is 9.07. The van der Waals surface area contributed by atoms with E-state index in [0.717, 1.165) is 25.6 Å². The van der Waals surface area contributed by atoms with Crippen LogP contribution in [0.25, 0.3) is 0 Å². The fourth-order valence-corrected chi connectivity index (χ4v) is 3.47. The lowest BCUT2D eigenvalue weighted by Crippen LogP contribution is -2.24. The second-order valence-electron chi connectivity index (χ2n) is 5.97. The second kappa shape index (κ2) is 5.85. The molecule has 0 aromatic heterocycles. The Labute approximate surface area is 104 Å². The quantitative estimate of drug-likeness (QED) is 0.801. The third kappa shape index (κ3) is 3.44. The van der Waals surface area contributed by atoms with Crippen LogP contribution in [0.5, 0.6) is 0 Å². The molecule has 3 heteroatoms. The molecule has 0 radical (unpaired) electrons. The van der Waals surface area contributed by atoms with Gasteiger partial charge in [-0.3, -0.25) is 4.79 Å². The maximum absolute atomic E-state index is 11.0. The Morgan fingerprint density at radius 1 is 1.29 bits per heavy atom. The molecule has 1 heterocycles. The van der Waals surface area contributed by atoms with Gasteiger partial charge in [-0.05, 0) is 31.2 Å². The van der Waals surface area contributed by atoms with Gasteiger partial charge in [0.1, 0.15) is 0 Å². The predicted octanol–water partition coefficient (Wildman–Crippen LogP) is 2.61. The third-order valence-corrected chi connectivity index (χ3v) is 4.57. The molecule has 0 aromatic carbocycles. The number of rotatable bonds is 5. The van der Waals surface area contributed by atoms with Crippen molar-refractivity contribution in [3.63, 3.8) is 0 Å². The lowest BCUT2D eigenvalue weighted by atomic mass is 9.99. The maximum Gasteiger partial charge on any atom is 0.308 e. The third-order valence-electron chi connectivity index (χ3n) is 4.57. The van der Waals surface area contributed by atoms with Gasteiger partial charge in [-0.15, -0.1) is 0 Å². The molecule has 1 aliphatic heterocycles. The molecule has 0 amide bonds. The Bertz CT molecular complexity index is 261. The van der Waals surface area contributed by atoms with Gasteiger partial charge in [0, 0.05) is 13.1 Å². The highest BCUT2D eigenvalue weighted by molar-refractivity contribution is 5.71. The van der Waals surface area contributed by atoms with Crippen LogP contribution in [0.2, 0.25) is 0 Å². The van der Waals surface area contributed by atoms with Gasteiger partial charge in [0.25, 0.3) is 0 Å². The van der Waals surface area contributed by atoms with E-state index in [4.69, 9.17) is 5.11 Å². The summed E-state index contributed by atoms with van der Waals surface area (Å²) in [5.74, 6) is 0.529. The van der Waals surface area contributed by atoms with E-state index < -0.39 is 5.97 Å². The van der Waals surface area contributed by atoms with Crippen LogP contribution in [0.1, 0.15) is 45.4 Å². The monoisotopic (exact) mass is 239 g/mol. The highest BCUT2D eigenvalue weighted by Gasteiger charge is 2.34. The summed E-state index contributed by atoms with van der Waals surface area (Å²) in [6.45, 7) is 4.91. The van der Waals surface area contributed by atoms with Crippen molar-refractivity contribution in [3.05, 3.63) is 0 Å². The number of carbonyl (C=O) groups is 1. The number of likely N-dealkylation sites (tertiary alicyclic amines) is 1. The van der Waals surface area contributed by atoms with Crippen LogP contribution < -0.4 is 0 Å². The zero-order valence-corrected chi connectivity index (χ0v) is 10.9. The minimum atomic E-state index is -0.615. The van der Waals surface area contributed by atoms with Crippen LogP contribution in [0, 0.1) is 17.8 Å². The van der Waals surface area contributed by atoms with Crippen LogP contribution >= 0.6 is 0 Å². The summed E-state index contributed by atoms with van der Waals surface area (Å²) in [4.78, 5) is 13.4. The molecule has 98 valence electrons. The molecule has 0 bridgehead atoms. The van der Waals surface area contributed by atoms with Crippen molar-refractivity contribution in [2.24, 2.45) is 17.8 Å². The van der Waals surface area contributed by atoms with Gasteiger partial charge in [0.2, 0.25) is 0 Å². The van der Waals surface area contributed by atoms with Crippen molar-refractivity contribution in [1.82, 2.24) is 4.90 Å². The van der Waals surface area contributed by atoms with Gasteiger partial charge in [-0.1, -0.05) is 32.6 Å². The summed E-state index contributed by atoms with van der Waals surface area (Å²) >= 11 is 0. The first-order valence-corrected chi connectivity index (χ1v) is 7.12. The fourth-order valence-electron chi connectivity index (χ4n) is 3.47. The summed E-state index contributed by atoms with van der Waals surface area (Å²) < 4.78 is 0. The van der Waals surface area contributed by atoms with Crippen LogP contribution in [0.3, 0.4) is 0 Å². The molecule has 3 nitrogen and oxygen atoms in total. The van der Waals surface area contributed by atoms with E-state index in [1.165, 1.54) is 38.5 Å². The summed E-state index contributed by atoms with van der Waals surface area (Å²) in [5.41, 5.74) is 0. The number of carboxylic acid groups (broad SMARTS) is 1. The Morgan fingerprint density at radius 2 is 2.00 bits per heavy atom. The van der Waals surface area contributed by atoms with E-state index in [-0.39, 0.29) is 5.92 Å². The van der Waals surface area contributed by atoms with Crippen molar-refractivity contribution >= 4 is 5.97 Å². The smallest absolute Gasteiger partial charge is 0.308 e. The Balaban J connectivity index is 1.65. The van der Waals surface area contributed by atoms with Crippen molar-refractivity contribution < 1.29 is 9.90 Å². The average Bonchev–Trinajstić information content (AvgIpc) is 2.88. The Hall–Kier alpha value is -0.570. The predicted molar refractivity (Wildman–Crippen MR) is 67.9 cm³/mol. The molecule has 17 heavy (non-hydrogen) atoms. The highest BCUT2D eigenvalue weighted by Crippen LogP contribution is 2.29. The van der Waals surface area contributed by atoms with Gasteiger partial charge in [-0.2, -0.15) is 0 Å². The minimum Gasteiger partial charge on any atom is -0.481 e. The van der Waals surface area contributed by atoms with E-state index in [1.807, 2.05) is 0 Å². The molecule has 2 atom stereocenters. The lowest BCUT2D eigenvalue weighted by molar-refractivity contribution is -0.142. The molecule has 1 aliphatic carbocycles. The normalized spacial score (nSPS) is 31.1. The van der Waals surface area contributed by atoms with E-state index >= 15 is 0 Å². The van der Waals surface area contributed by atoms with Crippen molar-refractivity contribution in [1.29, 1.82) is 0 Å². The fraction of sp³-hybridized carbons (Fsp3) is 0.929. The van der Waals surface area contributed by atoms with Crippen molar-refractivity contribution in [3.8, 4) is 0 Å². The molecule has 2 fully saturated rings. The number of nitrogens with zero attached hydrogens (tertiary/aromatic N) is 1. The van der Waals surface area contributed by atoms with Crippen molar-refractivity contribution in [2.45, 2.75) is 45.4 Å². The summed E-state index contributed by atoms with van der Waals surface area (Å²) in [6, 6.07) is 0. The molecular formula is C14H25NO2. The van der Waals surface area contributed by atoms with E-state index in [1.54, 1.807) is 0 Å². The highest BCUT2D eigenvalue weighted by atomic mass is 16.4. The summed E-state index contributed by atoms with van der Waals surface area (Å²) in [6.07, 6.45) is 8.30. The van der Waals surface area contributed by atoms with Crippen LogP contribution in [0.15, 0.2) is 0 Å². The SMILES string of the molecule is C[C@@H]1CN(CCCC2CCCC2)C[C@H]1C(=O)O. The number of aliphatic carboxylic acids is 1. The molecule has 1 N–H and O–H groups in total. The first kappa shape index (κ1) is 12.9. The summed E-state index contributed by atoms with van der Waals surface area (Å²) in [7, 11) is 0. The number of carboxylic acids is 1. The van der Waals surface area contributed by atoms with Gasteiger partial charge >= 0.3 is 5.97 Å². The van der Waals surface area contributed by atoms with E-state index in [9.17, 15) is 4.79 Å².